The molecule has 1 N–H and O–H groups in total. The van der Waals surface area contributed by atoms with Gasteiger partial charge < -0.3 is 14.8 Å². The maximum absolute atomic E-state index is 13.1. The van der Waals surface area contributed by atoms with Crippen LogP contribution in [0.4, 0.5) is 0 Å². The molecule has 0 spiro atoms. The van der Waals surface area contributed by atoms with Crippen LogP contribution in [0, 0.1) is 0 Å². The van der Waals surface area contributed by atoms with Gasteiger partial charge in [-0.15, -0.1) is 0 Å². The Morgan fingerprint density at radius 3 is 2.39 bits per heavy atom. The van der Waals surface area contributed by atoms with Crippen LogP contribution >= 0.6 is 0 Å². The van der Waals surface area contributed by atoms with Crippen LogP contribution in [0.25, 0.3) is 22.2 Å². The Bertz CT molecular complexity index is 1210. The van der Waals surface area contributed by atoms with Crippen molar-refractivity contribution in [2.45, 2.75) is 6.42 Å². The molecule has 1 amide bonds. The number of carbonyl (C=O) groups is 1. The van der Waals surface area contributed by atoms with E-state index in [-0.39, 0.29) is 5.91 Å². The predicted molar refractivity (Wildman–Crippen MR) is 123 cm³/mol. The molecule has 0 aliphatic rings. The topological polar surface area (TPSA) is 60.5 Å². The zero-order chi connectivity index (χ0) is 21.6. The highest BCUT2D eigenvalue weighted by Crippen LogP contribution is 2.33. The molecule has 0 unspecified atom stereocenters. The first-order chi connectivity index (χ1) is 15.2. The minimum Gasteiger partial charge on any atom is -0.493 e. The summed E-state index contributed by atoms with van der Waals surface area (Å²) in [5.41, 5.74) is 4.11. The highest BCUT2D eigenvalue weighted by Gasteiger charge is 2.15. The normalized spacial score (nSPS) is 10.6. The molecule has 1 aromatic heterocycles. The second-order valence-corrected chi connectivity index (χ2v) is 7.13. The first-order valence-electron chi connectivity index (χ1n) is 10.1. The maximum Gasteiger partial charge on any atom is 0.252 e. The van der Waals surface area contributed by atoms with E-state index in [1.807, 2.05) is 66.7 Å². The van der Waals surface area contributed by atoms with Gasteiger partial charge in [0.05, 0.1) is 31.0 Å². The largest absolute Gasteiger partial charge is 0.493 e. The molecule has 0 saturated carbocycles. The standard InChI is InChI=1S/C26H24N2O3/c1-30-24-13-12-19(16-25(24)31-2)23-17-21(20-10-6-7-11-22(20)28-23)26(29)27-15-14-18-8-4-3-5-9-18/h3-13,16-17H,14-15H2,1-2H3,(H,27,29). The van der Waals surface area contributed by atoms with Crippen molar-refractivity contribution in [3.8, 4) is 22.8 Å². The summed E-state index contributed by atoms with van der Waals surface area (Å²) in [4.78, 5) is 17.8. The Balaban J connectivity index is 1.66. The minimum absolute atomic E-state index is 0.115. The van der Waals surface area contributed by atoms with Gasteiger partial charge in [0.1, 0.15) is 0 Å². The first kappa shape index (κ1) is 20.4. The van der Waals surface area contributed by atoms with Crippen LogP contribution in [0.5, 0.6) is 11.5 Å². The summed E-state index contributed by atoms with van der Waals surface area (Å²) in [6.45, 7) is 0.561. The van der Waals surface area contributed by atoms with Gasteiger partial charge in [0.25, 0.3) is 5.91 Å². The van der Waals surface area contributed by atoms with Gasteiger partial charge in [-0.25, -0.2) is 4.98 Å². The molecule has 0 radical (unpaired) electrons. The molecular weight excluding hydrogens is 388 g/mol. The van der Waals surface area contributed by atoms with Crippen LogP contribution in [-0.2, 0) is 6.42 Å². The molecule has 0 bridgehead atoms. The number of methoxy groups -OCH3 is 2. The van der Waals surface area contributed by atoms with E-state index in [4.69, 9.17) is 14.5 Å². The third kappa shape index (κ3) is 4.51. The summed E-state index contributed by atoms with van der Waals surface area (Å²) in [7, 11) is 3.20. The van der Waals surface area contributed by atoms with Gasteiger partial charge in [-0.05, 0) is 42.3 Å². The van der Waals surface area contributed by atoms with E-state index in [0.717, 1.165) is 22.9 Å². The van der Waals surface area contributed by atoms with Gasteiger partial charge in [-0.2, -0.15) is 0 Å². The van der Waals surface area contributed by atoms with Crippen molar-refractivity contribution < 1.29 is 14.3 Å². The van der Waals surface area contributed by atoms with Crippen molar-refractivity contribution in [2.24, 2.45) is 0 Å². The molecule has 1 heterocycles. The molecule has 3 aromatic carbocycles. The monoisotopic (exact) mass is 412 g/mol. The quantitative estimate of drug-likeness (QED) is 0.469. The number of amides is 1. The van der Waals surface area contributed by atoms with E-state index >= 15 is 0 Å². The molecule has 0 aliphatic heterocycles. The van der Waals surface area contributed by atoms with Crippen LogP contribution in [-0.4, -0.2) is 31.7 Å². The highest BCUT2D eigenvalue weighted by molar-refractivity contribution is 6.07. The van der Waals surface area contributed by atoms with Crippen LogP contribution in [0.2, 0.25) is 0 Å². The molecule has 5 heteroatoms. The van der Waals surface area contributed by atoms with E-state index in [2.05, 4.69) is 17.4 Å². The number of aromatic nitrogens is 1. The lowest BCUT2D eigenvalue weighted by atomic mass is 10.0. The number of pyridine rings is 1. The fraction of sp³-hybridized carbons (Fsp3) is 0.154. The molecule has 0 aliphatic carbocycles. The van der Waals surface area contributed by atoms with Gasteiger partial charge in [0.15, 0.2) is 11.5 Å². The fourth-order valence-corrected chi connectivity index (χ4v) is 3.57. The Labute approximate surface area is 181 Å². The lowest BCUT2D eigenvalue weighted by Crippen LogP contribution is -2.26. The molecule has 156 valence electrons. The fourth-order valence-electron chi connectivity index (χ4n) is 3.57. The van der Waals surface area contributed by atoms with Crippen LogP contribution in [0.3, 0.4) is 0 Å². The van der Waals surface area contributed by atoms with Crippen molar-refractivity contribution in [2.75, 3.05) is 20.8 Å². The molecule has 31 heavy (non-hydrogen) atoms. The van der Waals surface area contributed by atoms with Gasteiger partial charge >= 0.3 is 0 Å². The van der Waals surface area contributed by atoms with Crippen LogP contribution in [0.1, 0.15) is 15.9 Å². The van der Waals surface area contributed by atoms with Crippen LogP contribution in [0.15, 0.2) is 78.9 Å². The number of nitrogens with zero attached hydrogens (tertiary/aromatic N) is 1. The van der Waals surface area contributed by atoms with E-state index in [9.17, 15) is 4.79 Å². The number of ether oxygens (including phenoxy) is 2. The Hall–Kier alpha value is -3.86. The molecule has 5 nitrogen and oxygen atoms in total. The lowest BCUT2D eigenvalue weighted by Gasteiger charge is -2.12. The number of hydrogen-bond donors (Lipinski definition) is 1. The number of para-hydroxylation sites is 1. The number of carbonyl (C=O) groups excluding carboxylic acids is 1. The second kappa shape index (κ2) is 9.30. The van der Waals surface area contributed by atoms with Gasteiger partial charge in [0, 0.05) is 17.5 Å². The second-order valence-electron chi connectivity index (χ2n) is 7.13. The van der Waals surface area contributed by atoms with E-state index in [0.29, 0.717) is 29.3 Å². The van der Waals surface area contributed by atoms with E-state index in [1.165, 1.54) is 5.56 Å². The Kier molecular flexibility index (Phi) is 6.13. The zero-order valence-corrected chi connectivity index (χ0v) is 17.6. The summed E-state index contributed by atoms with van der Waals surface area (Å²) >= 11 is 0. The van der Waals surface area contributed by atoms with E-state index in [1.54, 1.807) is 14.2 Å². The van der Waals surface area contributed by atoms with Crippen LogP contribution < -0.4 is 14.8 Å². The van der Waals surface area contributed by atoms with Crippen molar-refractivity contribution in [3.05, 3.63) is 90.0 Å². The summed E-state index contributed by atoms with van der Waals surface area (Å²) in [6.07, 6.45) is 0.776. The third-order valence-corrected chi connectivity index (χ3v) is 5.18. The lowest BCUT2D eigenvalue weighted by molar-refractivity contribution is 0.0955. The summed E-state index contributed by atoms with van der Waals surface area (Å²) in [6, 6.07) is 25.2. The predicted octanol–water partition coefficient (Wildman–Crippen LogP) is 4.89. The number of fused-ring (bicyclic) bond motifs is 1. The molecule has 0 atom stereocenters. The van der Waals surface area contributed by atoms with Gasteiger partial charge in [-0.3, -0.25) is 4.79 Å². The summed E-state index contributed by atoms with van der Waals surface area (Å²) in [5, 5.41) is 3.87. The van der Waals surface area contributed by atoms with Crippen molar-refractivity contribution in [1.82, 2.24) is 10.3 Å². The Morgan fingerprint density at radius 1 is 0.871 bits per heavy atom. The molecule has 0 saturated heterocycles. The van der Waals surface area contributed by atoms with Crippen molar-refractivity contribution >= 4 is 16.8 Å². The van der Waals surface area contributed by atoms with Gasteiger partial charge in [0.2, 0.25) is 0 Å². The highest BCUT2D eigenvalue weighted by atomic mass is 16.5. The van der Waals surface area contributed by atoms with E-state index < -0.39 is 0 Å². The maximum atomic E-state index is 13.1. The smallest absolute Gasteiger partial charge is 0.252 e. The van der Waals surface area contributed by atoms with Crippen molar-refractivity contribution in [1.29, 1.82) is 0 Å². The summed E-state index contributed by atoms with van der Waals surface area (Å²) < 4.78 is 10.8. The molecule has 4 rings (SSSR count). The number of hydrogen-bond acceptors (Lipinski definition) is 4. The third-order valence-electron chi connectivity index (χ3n) is 5.18. The molecular formula is C26H24N2O3. The number of rotatable bonds is 7. The minimum atomic E-state index is -0.115. The SMILES string of the molecule is COc1ccc(-c2cc(C(=O)NCCc3ccccc3)c3ccccc3n2)cc1OC. The summed E-state index contributed by atoms with van der Waals surface area (Å²) in [5.74, 6) is 1.14. The zero-order valence-electron chi connectivity index (χ0n) is 17.6. The Morgan fingerprint density at radius 2 is 1.61 bits per heavy atom. The van der Waals surface area contributed by atoms with Crippen molar-refractivity contribution in [3.63, 3.8) is 0 Å². The first-order valence-corrected chi connectivity index (χ1v) is 10.1. The number of nitrogens with one attached hydrogen (secondary N) is 1. The average molecular weight is 412 g/mol. The average Bonchev–Trinajstić information content (AvgIpc) is 2.83. The molecule has 0 fully saturated rings. The molecule has 4 aromatic rings. The number of benzene rings is 3. The van der Waals surface area contributed by atoms with Gasteiger partial charge in [-0.1, -0.05) is 48.5 Å².